The molecule has 0 radical (unpaired) electrons. The molecule has 1 unspecified atom stereocenters. The lowest BCUT2D eigenvalue weighted by molar-refractivity contribution is 0.181. The Kier molecular flexibility index (Phi) is 6.22. The van der Waals surface area contributed by atoms with Gasteiger partial charge in [0.05, 0.1) is 0 Å². The average Bonchev–Trinajstić information content (AvgIpc) is 2.23. The molecule has 15 heavy (non-hydrogen) atoms. The van der Waals surface area contributed by atoms with Crippen LogP contribution < -0.4 is 0 Å². The topological polar surface area (TPSA) is 26.7 Å². The Hall–Kier alpha value is -0.120. The van der Waals surface area contributed by atoms with Gasteiger partial charge < -0.3 is 14.9 Å². The summed E-state index contributed by atoms with van der Waals surface area (Å²) in [5.41, 5.74) is 0. The van der Waals surface area contributed by atoms with E-state index >= 15 is 0 Å². The van der Waals surface area contributed by atoms with Crippen LogP contribution in [0.1, 0.15) is 25.7 Å². The molecule has 0 aliphatic carbocycles. The molecule has 3 nitrogen and oxygen atoms in total. The molecule has 1 aliphatic heterocycles. The molecule has 0 saturated carbocycles. The van der Waals surface area contributed by atoms with E-state index in [1.165, 1.54) is 38.9 Å². The van der Waals surface area contributed by atoms with Crippen LogP contribution >= 0.6 is 0 Å². The normalized spacial score (nSPS) is 23.6. The second-order valence-corrected chi connectivity index (χ2v) is 4.94. The minimum absolute atomic E-state index is 0.316. The lowest BCUT2D eigenvalue weighted by Crippen LogP contribution is -2.34. The van der Waals surface area contributed by atoms with Gasteiger partial charge in [-0.25, -0.2) is 0 Å². The summed E-state index contributed by atoms with van der Waals surface area (Å²) in [5, 5.41) is 8.73. The molecule has 0 spiro atoms. The van der Waals surface area contributed by atoms with Crippen LogP contribution in [0.25, 0.3) is 0 Å². The molecule has 90 valence electrons. The number of aliphatic hydroxyl groups excluding tert-OH is 1. The third-order valence-corrected chi connectivity index (χ3v) is 3.34. The van der Waals surface area contributed by atoms with E-state index in [2.05, 4.69) is 23.9 Å². The van der Waals surface area contributed by atoms with Crippen molar-refractivity contribution in [2.75, 3.05) is 46.9 Å². The summed E-state index contributed by atoms with van der Waals surface area (Å²) in [6.07, 6.45) is 4.98. The average molecular weight is 214 g/mol. The number of likely N-dealkylation sites (tertiary alicyclic amines) is 1. The maximum Gasteiger partial charge on any atom is 0.0443 e. The van der Waals surface area contributed by atoms with Crippen molar-refractivity contribution in [1.29, 1.82) is 0 Å². The van der Waals surface area contributed by atoms with Crippen molar-refractivity contribution in [3.63, 3.8) is 0 Å². The molecular weight excluding hydrogens is 188 g/mol. The van der Waals surface area contributed by atoms with Gasteiger partial charge in [0, 0.05) is 19.7 Å². The minimum atomic E-state index is 0.316. The zero-order chi connectivity index (χ0) is 11.1. The number of piperidine rings is 1. The van der Waals surface area contributed by atoms with E-state index in [9.17, 15) is 0 Å². The summed E-state index contributed by atoms with van der Waals surface area (Å²) >= 11 is 0. The predicted octanol–water partition coefficient (Wildman–Crippen LogP) is 1.03. The first kappa shape index (κ1) is 12.9. The van der Waals surface area contributed by atoms with Crippen LogP contribution in [0.3, 0.4) is 0 Å². The highest BCUT2D eigenvalue weighted by atomic mass is 16.3. The Bertz CT molecular complexity index is 164. The third kappa shape index (κ3) is 5.50. The summed E-state index contributed by atoms with van der Waals surface area (Å²) < 4.78 is 0. The highest BCUT2D eigenvalue weighted by Gasteiger charge is 2.16. The van der Waals surface area contributed by atoms with E-state index < -0.39 is 0 Å². The lowest BCUT2D eigenvalue weighted by Gasteiger charge is -2.30. The molecule has 0 aromatic rings. The van der Waals surface area contributed by atoms with Crippen molar-refractivity contribution in [2.24, 2.45) is 5.92 Å². The number of hydrogen-bond donors (Lipinski definition) is 1. The summed E-state index contributed by atoms with van der Waals surface area (Å²) in [4.78, 5) is 4.78. The predicted molar refractivity (Wildman–Crippen MR) is 64.0 cm³/mol. The molecule has 1 heterocycles. The van der Waals surface area contributed by atoms with Crippen molar-refractivity contribution in [1.82, 2.24) is 9.80 Å². The monoisotopic (exact) mass is 214 g/mol. The molecule has 1 rings (SSSR count). The summed E-state index contributed by atoms with van der Waals surface area (Å²) in [6.45, 7) is 5.07. The molecule has 0 bridgehead atoms. The van der Waals surface area contributed by atoms with Crippen LogP contribution in [0.15, 0.2) is 0 Å². The molecular formula is C12H26N2O. The third-order valence-electron chi connectivity index (χ3n) is 3.34. The van der Waals surface area contributed by atoms with Crippen LogP contribution in [0, 0.1) is 5.92 Å². The number of rotatable bonds is 6. The van der Waals surface area contributed by atoms with E-state index in [0.29, 0.717) is 6.61 Å². The van der Waals surface area contributed by atoms with Crippen LogP contribution in [-0.2, 0) is 0 Å². The molecule has 1 N–H and O–H groups in total. The van der Waals surface area contributed by atoms with Gasteiger partial charge in [-0.15, -0.1) is 0 Å². The molecule has 3 heteroatoms. The molecule has 0 amide bonds. The first-order valence-electron chi connectivity index (χ1n) is 6.20. The van der Waals surface area contributed by atoms with Gasteiger partial charge in [-0.05, 0) is 58.8 Å². The molecule has 0 aromatic carbocycles. The van der Waals surface area contributed by atoms with E-state index in [1.807, 2.05) is 0 Å². The van der Waals surface area contributed by atoms with E-state index in [-0.39, 0.29) is 0 Å². The van der Waals surface area contributed by atoms with Gasteiger partial charge >= 0.3 is 0 Å². The number of aliphatic hydroxyl groups is 1. The molecule has 1 saturated heterocycles. The lowest BCUT2D eigenvalue weighted by atomic mass is 9.95. The smallest absolute Gasteiger partial charge is 0.0443 e. The zero-order valence-electron chi connectivity index (χ0n) is 10.3. The molecule has 0 aromatic heterocycles. The highest BCUT2D eigenvalue weighted by molar-refractivity contribution is 4.71. The van der Waals surface area contributed by atoms with Crippen molar-refractivity contribution in [3.8, 4) is 0 Å². The van der Waals surface area contributed by atoms with Gasteiger partial charge in [-0.3, -0.25) is 0 Å². The Morgan fingerprint density at radius 2 is 2.20 bits per heavy atom. The van der Waals surface area contributed by atoms with E-state index in [4.69, 9.17) is 5.11 Å². The Balaban J connectivity index is 2.07. The van der Waals surface area contributed by atoms with Crippen LogP contribution in [-0.4, -0.2) is 61.8 Å². The van der Waals surface area contributed by atoms with Crippen LogP contribution in [0.2, 0.25) is 0 Å². The summed E-state index contributed by atoms with van der Waals surface area (Å²) in [7, 11) is 4.38. The Morgan fingerprint density at radius 1 is 1.40 bits per heavy atom. The fourth-order valence-corrected chi connectivity index (χ4v) is 2.36. The SMILES string of the molecule is CN(CCCO)CCC1CCCN(C)C1. The van der Waals surface area contributed by atoms with Gasteiger partial charge in [-0.2, -0.15) is 0 Å². The van der Waals surface area contributed by atoms with Gasteiger partial charge in [0.2, 0.25) is 0 Å². The fraction of sp³-hybridized carbons (Fsp3) is 1.00. The maximum atomic E-state index is 8.73. The van der Waals surface area contributed by atoms with E-state index in [0.717, 1.165) is 18.9 Å². The van der Waals surface area contributed by atoms with Gasteiger partial charge in [0.15, 0.2) is 0 Å². The van der Waals surface area contributed by atoms with Crippen LogP contribution in [0.4, 0.5) is 0 Å². The fourth-order valence-electron chi connectivity index (χ4n) is 2.36. The summed E-state index contributed by atoms with van der Waals surface area (Å²) in [6, 6.07) is 0. The van der Waals surface area contributed by atoms with E-state index in [1.54, 1.807) is 0 Å². The van der Waals surface area contributed by atoms with Crippen LogP contribution in [0.5, 0.6) is 0 Å². The Labute approximate surface area is 94.1 Å². The van der Waals surface area contributed by atoms with Crippen molar-refractivity contribution in [3.05, 3.63) is 0 Å². The largest absolute Gasteiger partial charge is 0.396 e. The zero-order valence-corrected chi connectivity index (χ0v) is 10.3. The number of nitrogens with zero attached hydrogens (tertiary/aromatic N) is 2. The first-order valence-corrected chi connectivity index (χ1v) is 6.20. The van der Waals surface area contributed by atoms with Gasteiger partial charge in [0.25, 0.3) is 0 Å². The maximum absolute atomic E-state index is 8.73. The standard InChI is InChI=1S/C12H26N2O/c1-13(8-4-10-15)9-6-12-5-3-7-14(2)11-12/h12,15H,3-11H2,1-2H3. The Morgan fingerprint density at radius 3 is 2.87 bits per heavy atom. The second-order valence-electron chi connectivity index (χ2n) is 4.94. The van der Waals surface area contributed by atoms with Crippen molar-refractivity contribution < 1.29 is 5.11 Å². The highest BCUT2D eigenvalue weighted by Crippen LogP contribution is 2.18. The minimum Gasteiger partial charge on any atom is -0.396 e. The number of hydrogen-bond acceptors (Lipinski definition) is 3. The molecule has 1 aliphatic rings. The summed E-state index contributed by atoms with van der Waals surface area (Å²) in [5.74, 6) is 0.889. The van der Waals surface area contributed by atoms with Gasteiger partial charge in [-0.1, -0.05) is 0 Å². The first-order chi connectivity index (χ1) is 7.22. The molecule has 1 fully saturated rings. The van der Waals surface area contributed by atoms with Crippen molar-refractivity contribution in [2.45, 2.75) is 25.7 Å². The second kappa shape index (κ2) is 7.20. The molecule has 1 atom stereocenters. The van der Waals surface area contributed by atoms with Crippen molar-refractivity contribution >= 4 is 0 Å². The quantitative estimate of drug-likeness (QED) is 0.715. The van der Waals surface area contributed by atoms with Gasteiger partial charge in [0.1, 0.15) is 0 Å².